The van der Waals surface area contributed by atoms with Crippen molar-refractivity contribution in [1.29, 1.82) is 0 Å². The predicted molar refractivity (Wildman–Crippen MR) is 105 cm³/mol. The van der Waals surface area contributed by atoms with Gasteiger partial charge in [0.05, 0.1) is 25.3 Å². The minimum absolute atomic E-state index is 0.224. The summed E-state index contributed by atoms with van der Waals surface area (Å²) in [6.07, 6.45) is 3.03. The van der Waals surface area contributed by atoms with E-state index in [2.05, 4.69) is 4.98 Å². The molecule has 0 saturated heterocycles. The fraction of sp³-hybridized carbons (Fsp3) is 0.227. The van der Waals surface area contributed by atoms with Crippen LogP contribution in [0, 0.1) is 0 Å². The first kappa shape index (κ1) is 18.0. The molecule has 0 saturated carbocycles. The lowest BCUT2D eigenvalue weighted by Crippen LogP contribution is -2.31. The molecule has 0 atom stereocenters. The van der Waals surface area contributed by atoms with E-state index in [9.17, 15) is 9.59 Å². The normalized spacial score (nSPS) is 13.1. The summed E-state index contributed by atoms with van der Waals surface area (Å²) in [7, 11) is 3.20. The number of imide groups is 1. The van der Waals surface area contributed by atoms with Crippen LogP contribution in [0.1, 0.15) is 32.8 Å². The molecule has 1 aliphatic heterocycles. The second-order valence-electron chi connectivity index (χ2n) is 6.60. The minimum atomic E-state index is -0.224. The molecule has 142 valence electrons. The molecule has 6 nitrogen and oxygen atoms in total. The largest absolute Gasteiger partial charge is 0.493 e. The molecule has 4 rings (SSSR count). The van der Waals surface area contributed by atoms with E-state index in [-0.39, 0.29) is 11.8 Å². The van der Waals surface area contributed by atoms with Crippen LogP contribution in [0.4, 0.5) is 0 Å². The Hall–Kier alpha value is -3.41. The summed E-state index contributed by atoms with van der Waals surface area (Å²) in [4.78, 5) is 30.8. The fourth-order valence-corrected chi connectivity index (χ4v) is 3.61. The van der Waals surface area contributed by atoms with E-state index in [4.69, 9.17) is 9.47 Å². The van der Waals surface area contributed by atoms with Crippen LogP contribution in [0.15, 0.2) is 48.7 Å². The van der Waals surface area contributed by atoms with Crippen molar-refractivity contribution < 1.29 is 19.1 Å². The van der Waals surface area contributed by atoms with Crippen LogP contribution in [0.3, 0.4) is 0 Å². The molecule has 0 N–H and O–H groups in total. The van der Waals surface area contributed by atoms with Crippen LogP contribution >= 0.6 is 0 Å². The Labute approximate surface area is 162 Å². The molecular formula is C22H20N2O4. The maximum absolute atomic E-state index is 12.5. The number of methoxy groups -OCH3 is 2. The van der Waals surface area contributed by atoms with E-state index in [1.165, 1.54) is 4.90 Å². The van der Waals surface area contributed by atoms with Crippen molar-refractivity contribution in [2.75, 3.05) is 20.8 Å². The number of ether oxygens (including phenoxy) is 2. The molecule has 0 unspecified atom stereocenters. The van der Waals surface area contributed by atoms with Crippen LogP contribution in [0.5, 0.6) is 11.5 Å². The summed E-state index contributed by atoms with van der Waals surface area (Å²) in [6.45, 7) is 0.359. The van der Waals surface area contributed by atoms with Crippen molar-refractivity contribution in [1.82, 2.24) is 9.88 Å². The monoisotopic (exact) mass is 376 g/mol. The van der Waals surface area contributed by atoms with Gasteiger partial charge >= 0.3 is 0 Å². The van der Waals surface area contributed by atoms with Gasteiger partial charge in [-0.3, -0.25) is 19.5 Å². The Morgan fingerprint density at radius 2 is 1.57 bits per heavy atom. The molecule has 0 radical (unpaired) electrons. The number of carbonyl (C=O) groups excluding carboxylic acids is 2. The average molecular weight is 376 g/mol. The second-order valence-corrected chi connectivity index (χ2v) is 6.60. The Bertz CT molecular complexity index is 1040. The van der Waals surface area contributed by atoms with E-state index >= 15 is 0 Å². The molecule has 0 spiro atoms. The lowest BCUT2D eigenvalue weighted by Gasteiger charge is -2.14. The molecule has 1 aliphatic rings. The molecule has 6 heteroatoms. The molecule has 2 aromatic carbocycles. The Balaban J connectivity index is 1.52. The zero-order chi connectivity index (χ0) is 19.7. The number of aryl methyl sites for hydroxylation is 1. The highest BCUT2D eigenvalue weighted by molar-refractivity contribution is 6.21. The minimum Gasteiger partial charge on any atom is -0.493 e. The third-order valence-electron chi connectivity index (χ3n) is 5.02. The number of hydrogen-bond acceptors (Lipinski definition) is 5. The van der Waals surface area contributed by atoms with Gasteiger partial charge in [0, 0.05) is 23.8 Å². The molecule has 28 heavy (non-hydrogen) atoms. The first-order chi connectivity index (χ1) is 13.6. The van der Waals surface area contributed by atoms with Gasteiger partial charge in [0.2, 0.25) is 0 Å². The van der Waals surface area contributed by atoms with E-state index in [1.54, 1.807) is 44.7 Å². The maximum Gasteiger partial charge on any atom is 0.261 e. The van der Waals surface area contributed by atoms with Crippen molar-refractivity contribution in [3.63, 3.8) is 0 Å². The number of benzene rings is 2. The third-order valence-corrected chi connectivity index (χ3v) is 5.02. The van der Waals surface area contributed by atoms with Crippen molar-refractivity contribution in [2.24, 2.45) is 0 Å². The topological polar surface area (TPSA) is 68.7 Å². The number of nitrogens with zero attached hydrogens (tertiary/aromatic N) is 2. The van der Waals surface area contributed by atoms with Gasteiger partial charge in [0.1, 0.15) is 0 Å². The van der Waals surface area contributed by atoms with Crippen LogP contribution in [0.2, 0.25) is 0 Å². The highest BCUT2D eigenvalue weighted by Crippen LogP contribution is 2.33. The second kappa shape index (κ2) is 7.31. The van der Waals surface area contributed by atoms with E-state index < -0.39 is 0 Å². The summed E-state index contributed by atoms with van der Waals surface area (Å²) >= 11 is 0. The fourth-order valence-electron chi connectivity index (χ4n) is 3.61. The zero-order valence-corrected chi connectivity index (χ0v) is 15.8. The van der Waals surface area contributed by atoms with Gasteiger partial charge in [-0.15, -0.1) is 0 Å². The molecular weight excluding hydrogens is 356 g/mol. The summed E-state index contributed by atoms with van der Waals surface area (Å²) < 4.78 is 10.8. The van der Waals surface area contributed by atoms with Crippen molar-refractivity contribution >= 4 is 22.6 Å². The number of amides is 2. The van der Waals surface area contributed by atoms with E-state index in [1.807, 2.05) is 18.2 Å². The van der Waals surface area contributed by atoms with Crippen LogP contribution in [-0.2, 0) is 6.42 Å². The number of fused-ring (bicyclic) bond motifs is 2. The molecule has 0 bridgehead atoms. The number of carbonyl (C=O) groups is 2. The van der Waals surface area contributed by atoms with Gasteiger partial charge in [-0.2, -0.15) is 0 Å². The molecule has 3 aromatic rings. The van der Waals surface area contributed by atoms with Gasteiger partial charge in [0.25, 0.3) is 11.8 Å². The van der Waals surface area contributed by atoms with Crippen molar-refractivity contribution in [3.8, 4) is 11.5 Å². The smallest absolute Gasteiger partial charge is 0.261 e. The number of aromatic nitrogens is 1. The van der Waals surface area contributed by atoms with Crippen molar-refractivity contribution in [2.45, 2.75) is 12.8 Å². The van der Waals surface area contributed by atoms with Gasteiger partial charge < -0.3 is 9.47 Å². The highest BCUT2D eigenvalue weighted by atomic mass is 16.5. The first-order valence-corrected chi connectivity index (χ1v) is 9.09. The SMILES string of the molecule is COc1cc2ccnc(CCCN3C(=O)c4ccccc4C3=O)c2cc1OC. The Morgan fingerprint density at radius 1 is 0.929 bits per heavy atom. The Morgan fingerprint density at radius 3 is 2.21 bits per heavy atom. The molecule has 1 aromatic heterocycles. The highest BCUT2D eigenvalue weighted by Gasteiger charge is 2.34. The predicted octanol–water partition coefficient (Wildman–Crippen LogP) is 3.48. The molecule has 0 aliphatic carbocycles. The first-order valence-electron chi connectivity index (χ1n) is 9.09. The van der Waals surface area contributed by atoms with E-state index in [0.717, 1.165) is 16.5 Å². The Kier molecular flexibility index (Phi) is 4.69. The standard InChI is InChI=1S/C22H20N2O4/c1-27-19-12-14-9-10-23-18(17(14)13-20(19)28-2)8-5-11-24-21(25)15-6-3-4-7-16(15)22(24)26/h3-4,6-7,9-10,12-13H,5,8,11H2,1-2H3. The van der Waals surface area contributed by atoms with Crippen LogP contribution in [-0.4, -0.2) is 42.5 Å². The summed E-state index contributed by atoms with van der Waals surface area (Å²) in [6, 6.07) is 12.7. The quantitative estimate of drug-likeness (QED) is 0.616. The lowest BCUT2D eigenvalue weighted by atomic mass is 10.1. The van der Waals surface area contributed by atoms with E-state index in [0.29, 0.717) is 42.0 Å². The molecule has 2 amide bonds. The third kappa shape index (κ3) is 2.97. The average Bonchev–Trinajstić information content (AvgIpc) is 2.98. The number of hydrogen-bond donors (Lipinski definition) is 0. The van der Waals surface area contributed by atoms with Crippen LogP contribution < -0.4 is 9.47 Å². The molecule has 0 fully saturated rings. The summed E-state index contributed by atoms with van der Waals surface area (Å²) in [5, 5.41) is 1.98. The lowest BCUT2D eigenvalue weighted by molar-refractivity contribution is 0.0652. The summed E-state index contributed by atoms with van der Waals surface area (Å²) in [5.41, 5.74) is 1.86. The van der Waals surface area contributed by atoms with Crippen molar-refractivity contribution in [3.05, 3.63) is 65.5 Å². The van der Waals surface area contributed by atoms with Crippen LogP contribution in [0.25, 0.3) is 10.8 Å². The maximum atomic E-state index is 12.5. The van der Waals surface area contributed by atoms with Gasteiger partial charge in [-0.05, 0) is 48.6 Å². The number of rotatable bonds is 6. The van der Waals surface area contributed by atoms with Gasteiger partial charge in [-0.1, -0.05) is 12.1 Å². The zero-order valence-electron chi connectivity index (χ0n) is 15.8. The van der Waals surface area contributed by atoms with Gasteiger partial charge in [0.15, 0.2) is 11.5 Å². The number of pyridine rings is 1. The van der Waals surface area contributed by atoms with Gasteiger partial charge in [-0.25, -0.2) is 0 Å². The summed E-state index contributed by atoms with van der Waals surface area (Å²) in [5.74, 6) is 0.860. The molecule has 2 heterocycles.